The van der Waals surface area contributed by atoms with E-state index in [1.54, 1.807) is 18.2 Å². The first-order valence-corrected chi connectivity index (χ1v) is 33.7. The SMILES string of the molecule is CC(C)(COP(OCC(C)(C)CC(C)(C)O[C@H]1[C@H](N2CCCC2=O)c2cc(C#N)ccc2OC1(C)C)OCC(C)(C)CC(C)(C)O[C@H]1[C@H](N2CCCC2=O)c2cc(C#N)ccc2OC1(C)C)CC(C)(C)O[C@H]1[C@H](N2CCCC2=O)c2cc(C#N)ccc2OC1(C)C. The normalized spacial score (nSPS) is 24.0. The van der Waals surface area contributed by atoms with Crippen LogP contribution in [0.3, 0.4) is 0 Å². The van der Waals surface area contributed by atoms with Crippen LogP contribution in [-0.4, -0.2) is 124 Å². The molecule has 0 unspecified atom stereocenters. The number of likely N-dealkylation sites (tertiary alicyclic amines) is 3. The molecule has 0 bridgehead atoms. The third-order valence-corrected chi connectivity index (χ3v) is 19.5. The van der Waals surface area contributed by atoms with Gasteiger partial charge in [-0.15, -0.1) is 0 Å². The molecule has 3 aromatic carbocycles. The van der Waals surface area contributed by atoms with Gasteiger partial charge in [0.15, 0.2) is 0 Å². The highest BCUT2D eigenvalue weighted by molar-refractivity contribution is 7.41. The molecule has 3 aromatic rings. The van der Waals surface area contributed by atoms with Crippen molar-refractivity contribution < 1.29 is 56.4 Å². The van der Waals surface area contributed by atoms with Gasteiger partial charge in [-0.05, 0) is 192 Å². The molecule has 6 aliphatic heterocycles. The fourth-order valence-corrected chi connectivity index (χ4v) is 17.1. The van der Waals surface area contributed by atoms with Crippen LogP contribution in [0.4, 0.5) is 0 Å². The second-order valence-corrected chi connectivity index (χ2v) is 33.3. The summed E-state index contributed by atoms with van der Waals surface area (Å²) in [7, 11) is -2.03. The van der Waals surface area contributed by atoms with Gasteiger partial charge in [-0.2, -0.15) is 15.8 Å². The van der Waals surface area contributed by atoms with Gasteiger partial charge in [0.25, 0.3) is 0 Å². The lowest BCUT2D eigenvalue weighted by atomic mass is 9.80. The summed E-state index contributed by atoms with van der Waals surface area (Å²) in [5, 5.41) is 29.9. The predicted molar refractivity (Wildman–Crippen MR) is 345 cm³/mol. The number of amides is 3. The number of nitriles is 3. The second kappa shape index (κ2) is 25.8. The number of hydrogen-bond acceptors (Lipinski definition) is 15. The molecule has 3 saturated heterocycles. The maximum atomic E-state index is 13.6. The molecular weight excluding hydrogens is 1170 g/mol. The van der Waals surface area contributed by atoms with Crippen LogP contribution < -0.4 is 14.2 Å². The van der Waals surface area contributed by atoms with E-state index >= 15 is 0 Å². The summed E-state index contributed by atoms with van der Waals surface area (Å²) in [4.78, 5) is 46.6. The Hall–Kier alpha value is -5.87. The first-order valence-electron chi connectivity index (χ1n) is 32.6. The largest absolute Gasteiger partial charge is 0.485 e. The molecule has 0 saturated carbocycles. The van der Waals surface area contributed by atoms with Crippen molar-refractivity contribution in [3.05, 3.63) is 88.0 Å². The molecule has 3 amide bonds. The zero-order valence-corrected chi connectivity index (χ0v) is 58.2. The van der Waals surface area contributed by atoms with Crippen LogP contribution in [0.25, 0.3) is 0 Å². The van der Waals surface area contributed by atoms with E-state index in [0.717, 1.165) is 36.0 Å². The molecule has 18 nitrogen and oxygen atoms in total. The summed E-state index contributed by atoms with van der Waals surface area (Å²) in [6.07, 6.45) is 3.34. The minimum atomic E-state index is -2.03. The summed E-state index contributed by atoms with van der Waals surface area (Å²) < 4.78 is 62.6. The van der Waals surface area contributed by atoms with Crippen LogP contribution in [0.5, 0.6) is 17.2 Å². The van der Waals surface area contributed by atoms with Crippen LogP contribution in [-0.2, 0) is 42.2 Å². The highest BCUT2D eigenvalue weighted by atomic mass is 31.2. The van der Waals surface area contributed by atoms with Gasteiger partial charge >= 0.3 is 8.60 Å². The lowest BCUT2D eigenvalue weighted by Crippen LogP contribution is -2.57. The van der Waals surface area contributed by atoms with Crippen LogP contribution in [0.2, 0.25) is 0 Å². The Bertz CT molecular complexity index is 3000. The van der Waals surface area contributed by atoms with Gasteiger partial charge in [0.2, 0.25) is 17.7 Å². The molecule has 0 radical (unpaired) electrons. The topological polar surface area (TPSA) is 215 Å². The van der Waals surface area contributed by atoms with E-state index in [1.165, 1.54) is 0 Å². The molecule has 6 heterocycles. The lowest BCUT2D eigenvalue weighted by Gasteiger charge is -2.50. The minimum absolute atomic E-state index is 0.0467. The first-order chi connectivity index (χ1) is 42.3. The Morgan fingerprint density at radius 1 is 0.451 bits per heavy atom. The number of fused-ring (bicyclic) bond motifs is 3. The van der Waals surface area contributed by atoms with Crippen molar-refractivity contribution in [1.82, 2.24) is 14.7 Å². The van der Waals surface area contributed by atoms with E-state index in [2.05, 4.69) is 101 Å². The standard InChI is InChI=1S/C72H99N6O12P/c1-64(2,40-67(7,8)88-61-58(76-31-19-22-55(76)79)49-34-46(37-73)25-28-52(49)85-70(61,13)14)43-82-91(83-44-65(3,4)41-68(9,10)89-62-59(77-32-20-23-56(77)80)50-35-47(38-74)26-29-53(50)86-71(62,15)16)84-45-66(5,6)42-69(11,12)90-63-60(78-33-21-24-57(78)81)51-36-48(39-75)27-30-54(51)87-72(63,17)18/h25-30,34-36,58-63H,19-24,31-33,40-45H2,1-18H3/t58-,59-,60-,61+,62+,63+/m1/s1. The van der Waals surface area contributed by atoms with E-state index in [1.807, 2.05) is 92.6 Å². The van der Waals surface area contributed by atoms with E-state index < -0.39 is 94.9 Å². The Balaban J connectivity index is 0.943. The van der Waals surface area contributed by atoms with Gasteiger partial charge in [0, 0.05) is 55.6 Å². The lowest BCUT2D eigenvalue weighted by molar-refractivity contribution is -0.191. The van der Waals surface area contributed by atoms with Crippen molar-refractivity contribution in [2.24, 2.45) is 16.2 Å². The smallest absolute Gasteiger partial charge is 0.332 e. The van der Waals surface area contributed by atoms with Crippen molar-refractivity contribution in [1.29, 1.82) is 15.8 Å². The molecule has 9 rings (SSSR count). The highest BCUT2D eigenvalue weighted by Crippen LogP contribution is 2.54. The summed E-state index contributed by atoms with van der Waals surface area (Å²) >= 11 is 0. The summed E-state index contributed by atoms with van der Waals surface area (Å²) in [6.45, 7) is 39.6. The van der Waals surface area contributed by atoms with Gasteiger partial charge in [0.05, 0.1) is 89.6 Å². The molecule has 19 heteroatoms. The summed E-state index contributed by atoms with van der Waals surface area (Å²) in [6, 6.07) is 21.6. The fourth-order valence-electron chi connectivity index (χ4n) is 15.5. The van der Waals surface area contributed by atoms with Crippen LogP contribution >= 0.6 is 8.60 Å². The monoisotopic (exact) mass is 1270 g/mol. The highest BCUT2D eigenvalue weighted by Gasteiger charge is 2.55. The molecule has 91 heavy (non-hydrogen) atoms. The quantitative estimate of drug-likeness (QED) is 0.0762. The Morgan fingerprint density at radius 2 is 0.703 bits per heavy atom. The van der Waals surface area contributed by atoms with Gasteiger partial charge in [-0.25, -0.2) is 0 Å². The number of nitrogens with zero attached hydrogens (tertiary/aromatic N) is 6. The Morgan fingerprint density at radius 3 is 0.923 bits per heavy atom. The van der Waals surface area contributed by atoms with Crippen molar-refractivity contribution >= 4 is 26.3 Å². The molecule has 6 atom stereocenters. The van der Waals surface area contributed by atoms with Gasteiger partial charge in [-0.3, -0.25) is 14.4 Å². The molecule has 494 valence electrons. The molecule has 0 spiro atoms. The average molecular weight is 1270 g/mol. The van der Waals surface area contributed by atoms with E-state index in [-0.39, 0.29) is 37.5 Å². The zero-order valence-electron chi connectivity index (χ0n) is 57.3. The number of carbonyl (C=O) groups excluding carboxylic acids is 3. The van der Waals surface area contributed by atoms with Crippen molar-refractivity contribution in [2.45, 2.75) is 252 Å². The molecule has 3 fully saturated rings. The third-order valence-electron chi connectivity index (χ3n) is 18.5. The van der Waals surface area contributed by atoms with E-state index in [9.17, 15) is 30.2 Å². The zero-order chi connectivity index (χ0) is 66.7. The van der Waals surface area contributed by atoms with Crippen molar-refractivity contribution in [2.75, 3.05) is 39.5 Å². The van der Waals surface area contributed by atoms with Crippen LogP contribution in [0.15, 0.2) is 54.6 Å². The maximum Gasteiger partial charge on any atom is 0.332 e. The van der Waals surface area contributed by atoms with E-state index in [0.29, 0.717) is 92.1 Å². The molecule has 6 aliphatic rings. The number of ether oxygens (including phenoxy) is 6. The van der Waals surface area contributed by atoms with Gasteiger partial charge in [0.1, 0.15) is 52.4 Å². The second-order valence-electron chi connectivity index (χ2n) is 32.1. The van der Waals surface area contributed by atoms with Gasteiger partial charge < -0.3 is 56.7 Å². The Labute approximate surface area is 542 Å². The molecule has 0 N–H and O–H groups in total. The first kappa shape index (κ1) is 69.5. The van der Waals surface area contributed by atoms with Crippen LogP contribution in [0.1, 0.15) is 234 Å². The van der Waals surface area contributed by atoms with Crippen LogP contribution in [0, 0.1) is 50.2 Å². The van der Waals surface area contributed by atoms with Gasteiger partial charge in [-0.1, -0.05) is 41.5 Å². The van der Waals surface area contributed by atoms with Crippen molar-refractivity contribution in [3.63, 3.8) is 0 Å². The summed E-state index contributed by atoms with van der Waals surface area (Å²) in [5.74, 6) is 2.04. The fraction of sp³-hybridized carbons (Fsp3) is 0.667. The number of rotatable bonds is 24. The minimum Gasteiger partial charge on any atom is -0.485 e. The maximum absolute atomic E-state index is 13.6. The number of carbonyl (C=O) groups is 3. The molecule has 0 aromatic heterocycles. The van der Waals surface area contributed by atoms with E-state index in [4.69, 9.17) is 42.0 Å². The summed E-state index contributed by atoms with van der Waals surface area (Å²) in [5.41, 5.74) is -2.76. The third kappa shape index (κ3) is 15.9. The van der Waals surface area contributed by atoms with Crippen molar-refractivity contribution in [3.8, 4) is 35.5 Å². The predicted octanol–water partition coefficient (Wildman–Crippen LogP) is 14.2. The average Bonchev–Trinajstić information content (AvgIpc) is 1.69. The number of benzene rings is 3. The Kier molecular flexibility index (Phi) is 19.7. The molecular formula is C72H99N6O12P. The molecule has 0 aliphatic carbocycles. The number of hydrogen-bond donors (Lipinski definition) is 0.